The van der Waals surface area contributed by atoms with Gasteiger partial charge in [0.05, 0.1) is 36.1 Å². The first kappa shape index (κ1) is 14.0. The lowest BCUT2D eigenvalue weighted by atomic mass is 10.3. The Hall–Kier alpha value is -1.40. The van der Waals surface area contributed by atoms with Crippen LogP contribution in [0, 0.1) is 13.8 Å². The first-order valence-electron chi connectivity index (χ1n) is 6.29. The van der Waals surface area contributed by atoms with E-state index in [0.29, 0.717) is 6.61 Å². The van der Waals surface area contributed by atoms with Gasteiger partial charge in [-0.25, -0.2) is 9.97 Å². The molecule has 2 aromatic heterocycles. The summed E-state index contributed by atoms with van der Waals surface area (Å²) in [5, 5.41) is 3.38. The molecule has 2 heterocycles. The second-order valence-electron chi connectivity index (χ2n) is 4.63. The molecule has 2 aromatic rings. The van der Waals surface area contributed by atoms with Crippen LogP contribution in [0.1, 0.15) is 29.2 Å². The predicted molar refractivity (Wildman–Crippen MR) is 77.7 cm³/mol. The summed E-state index contributed by atoms with van der Waals surface area (Å²) in [5.41, 5.74) is 3.96. The van der Waals surface area contributed by atoms with Crippen LogP contribution < -0.4 is 5.32 Å². The van der Waals surface area contributed by atoms with Crippen molar-refractivity contribution in [3.05, 3.63) is 28.0 Å². The molecule has 0 aliphatic heterocycles. The Morgan fingerprint density at radius 2 is 2.26 bits per heavy atom. The standard InChI is InChI=1S/C13H20N4OS/c1-9-6-17(10(2)7-18-4)13(16-9)14-5-12-11(3)15-8-19-12/h6,8,10H,5,7H2,1-4H3,(H,14,16). The summed E-state index contributed by atoms with van der Waals surface area (Å²) in [6, 6.07) is 0.260. The van der Waals surface area contributed by atoms with Gasteiger partial charge in [-0.05, 0) is 20.8 Å². The maximum atomic E-state index is 5.21. The highest BCUT2D eigenvalue weighted by Crippen LogP contribution is 2.19. The summed E-state index contributed by atoms with van der Waals surface area (Å²) in [5.74, 6) is 0.884. The Labute approximate surface area is 117 Å². The number of rotatable bonds is 6. The third-order valence-corrected chi connectivity index (χ3v) is 3.92. The average Bonchev–Trinajstić information content (AvgIpc) is 2.93. The number of aryl methyl sites for hydroxylation is 2. The first-order valence-corrected chi connectivity index (χ1v) is 7.17. The van der Waals surface area contributed by atoms with Crippen LogP contribution in [-0.2, 0) is 11.3 Å². The Bertz CT molecular complexity index is 534. The molecule has 6 heteroatoms. The molecule has 0 spiro atoms. The van der Waals surface area contributed by atoms with Gasteiger partial charge < -0.3 is 14.6 Å². The van der Waals surface area contributed by atoms with E-state index in [1.807, 2.05) is 25.6 Å². The summed E-state index contributed by atoms with van der Waals surface area (Å²) in [6.45, 7) is 7.57. The molecule has 104 valence electrons. The lowest BCUT2D eigenvalue weighted by Crippen LogP contribution is -2.14. The maximum Gasteiger partial charge on any atom is 0.203 e. The number of ether oxygens (including phenoxy) is 1. The predicted octanol–water partition coefficient (Wildman–Crippen LogP) is 2.78. The molecular formula is C13H20N4OS. The van der Waals surface area contributed by atoms with Crippen molar-refractivity contribution in [3.8, 4) is 0 Å². The molecule has 0 bridgehead atoms. The van der Waals surface area contributed by atoms with Gasteiger partial charge in [-0.15, -0.1) is 11.3 Å². The number of hydrogen-bond donors (Lipinski definition) is 1. The highest BCUT2D eigenvalue weighted by Gasteiger charge is 2.12. The van der Waals surface area contributed by atoms with Crippen LogP contribution in [0.4, 0.5) is 5.95 Å². The maximum absolute atomic E-state index is 5.21. The summed E-state index contributed by atoms with van der Waals surface area (Å²) in [7, 11) is 1.72. The minimum absolute atomic E-state index is 0.260. The Morgan fingerprint density at radius 1 is 1.47 bits per heavy atom. The molecule has 0 fully saturated rings. The van der Waals surface area contributed by atoms with Crippen molar-refractivity contribution in [2.24, 2.45) is 0 Å². The topological polar surface area (TPSA) is 52.0 Å². The number of anilines is 1. The van der Waals surface area contributed by atoms with Gasteiger partial charge in [0.25, 0.3) is 0 Å². The zero-order chi connectivity index (χ0) is 13.8. The quantitative estimate of drug-likeness (QED) is 0.884. The molecule has 19 heavy (non-hydrogen) atoms. The van der Waals surface area contributed by atoms with Gasteiger partial charge in [0.15, 0.2) is 0 Å². The normalized spacial score (nSPS) is 12.6. The van der Waals surface area contributed by atoms with Crippen molar-refractivity contribution < 1.29 is 4.74 Å². The molecule has 0 aliphatic rings. The van der Waals surface area contributed by atoms with E-state index < -0.39 is 0 Å². The fraction of sp³-hybridized carbons (Fsp3) is 0.538. The van der Waals surface area contributed by atoms with Crippen LogP contribution in [0.5, 0.6) is 0 Å². The van der Waals surface area contributed by atoms with Gasteiger partial charge in [0.2, 0.25) is 5.95 Å². The zero-order valence-corrected chi connectivity index (χ0v) is 12.6. The molecule has 0 aliphatic carbocycles. The van der Waals surface area contributed by atoms with E-state index in [9.17, 15) is 0 Å². The highest BCUT2D eigenvalue weighted by atomic mass is 32.1. The second-order valence-corrected chi connectivity index (χ2v) is 5.57. The van der Waals surface area contributed by atoms with Gasteiger partial charge in [-0.3, -0.25) is 0 Å². The molecule has 2 rings (SSSR count). The van der Waals surface area contributed by atoms with Crippen molar-refractivity contribution >= 4 is 17.3 Å². The number of nitrogens with zero attached hydrogens (tertiary/aromatic N) is 3. The van der Waals surface area contributed by atoms with E-state index in [4.69, 9.17) is 4.74 Å². The SMILES string of the molecule is COCC(C)n1cc(C)nc1NCc1scnc1C. The molecule has 0 radical (unpaired) electrons. The molecule has 1 N–H and O–H groups in total. The highest BCUT2D eigenvalue weighted by molar-refractivity contribution is 7.09. The molecule has 5 nitrogen and oxygen atoms in total. The molecule has 0 saturated heterocycles. The Morgan fingerprint density at radius 3 is 2.89 bits per heavy atom. The monoisotopic (exact) mass is 280 g/mol. The van der Waals surface area contributed by atoms with Crippen molar-refractivity contribution in [1.29, 1.82) is 0 Å². The minimum atomic E-state index is 0.260. The summed E-state index contributed by atoms with van der Waals surface area (Å²) in [4.78, 5) is 10.0. The Kier molecular flexibility index (Phi) is 4.55. The van der Waals surface area contributed by atoms with Gasteiger partial charge in [0, 0.05) is 18.2 Å². The molecule has 1 unspecified atom stereocenters. The molecule has 0 saturated carbocycles. The van der Waals surface area contributed by atoms with Gasteiger partial charge in [0.1, 0.15) is 0 Å². The van der Waals surface area contributed by atoms with Crippen LogP contribution in [0.2, 0.25) is 0 Å². The second kappa shape index (κ2) is 6.16. The lowest BCUT2D eigenvalue weighted by molar-refractivity contribution is 0.163. The number of methoxy groups -OCH3 is 1. The van der Waals surface area contributed by atoms with Crippen LogP contribution in [0.15, 0.2) is 11.7 Å². The third kappa shape index (κ3) is 3.33. The largest absolute Gasteiger partial charge is 0.383 e. The fourth-order valence-electron chi connectivity index (χ4n) is 1.96. The summed E-state index contributed by atoms with van der Waals surface area (Å²) in [6.07, 6.45) is 2.05. The zero-order valence-electron chi connectivity index (χ0n) is 11.8. The van der Waals surface area contributed by atoms with E-state index in [2.05, 4.69) is 26.8 Å². The van der Waals surface area contributed by atoms with E-state index in [1.165, 1.54) is 4.88 Å². The van der Waals surface area contributed by atoms with Crippen LogP contribution in [-0.4, -0.2) is 28.3 Å². The number of imidazole rings is 1. The van der Waals surface area contributed by atoms with Gasteiger partial charge in [-0.1, -0.05) is 0 Å². The van der Waals surface area contributed by atoms with E-state index >= 15 is 0 Å². The van der Waals surface area contributed by atoms with Gasteiger partial charge in [-0.2, -0.15) is 0 Å². The number of thiazole rings is 1. The summed E-state index contributed by atoms with van der Waals surface area (Å²) >= 11 is 1.66. The third-order valence-electron chi connectivity index (χ3n) is 2.99. The van der Waals surface area contributed by atoms with Crippen molar-refractivity contribution in [1.82, 2.24) is 14.5 Å². The smallest absolute Gasteiger partial charge is 0.203 e. The molecule has 1 atom stereocenters. The van der Waals surface area contributed by atoms with Gasteiger partial charge >= 0.3 is 0 Å². The molecule has 0 aromatic carbocycles. The first-order chi connectivity index (χ1) is 9.11. The van der Waals surface area contributed by atoms with E-state index in [0.717, 1.165) is 23.9 Å². The van der Waals surface area contributed by atoms with E-state index in [1.54, 1.807) is 18.4 Å². The van der Waals surface area contributed by atoms with E-state index in [-0.39, 0.29) is 6.04 Å². The Balaban J connectivity index is 2.09. The minimum Gasteiger partial charge on any atom is -0.383 e. The number of hydrogen-bond acceptors (Lipinski definition) is 5. The summed E-state index contributed by atoms with van der Waals surface area (Å²) < 4.78 is 7.33. The van der Waals surface area contributed by atoms with Crippen molar-refractivity contribution in [2.75, 3.05) is 19.0 Å². The lowest BCUT2D eigenvalue weighted by Gasteiger charge is -2.15. The van der Waals surface area contributed by atoms with Crippen molar-refractivity contribution in [3.63, 3.8) is 0 Å². The fourth-order valence-corrected chi connectivity index (χ4v) is 2.68. The van der Waals surface area contributed by atoms with Crippen molar-refractivity contribution in [2.45, 2.75) is 33.4 Å². The number of aromatic nitrogens is 3. The average molecular weight is 280 g/mol. The number of nitrogens with one attached hydrogen (secondary N) is 1. The molecule has 0 amide bonds. The molecular weight excluding hydrogens is 260 g/mol. The van der Waals surface area contributed by atoms with Crippen LogP contribution in [0.3, 0.4) is 0 Å². The van der Waals surface area contributed by atoms with Crippen LogP contribution in [0.25, 0.3) is 0 Å². The van der Waals surface area contributed by atoms with Crippen LogP contribution >= 0.6 is 11.3 Å².